The van der Waals surface area contributed by atoms with E-state index < -0.39 is 0 Å². The Morgan fingerprint density at radius 2 is 1.90 bits per heavy atom. The van der Waals surface area contributed by atoms with Crippen LogP contribution in [-0.2, 0) is 6.61 Å². The zero-order valence-corrected chi connectivity index (χ0v) is 13.8. The van der Waals surface area contributed by atoms with Crippen molar-refractivity contribution in [1.82, 2.24) is 5.32 Å². The van der Waals surface area contributed by atoms with Crippen molar-refractivity contribution in [3.05, 3.63) is 63.9 Å². The molecule has 21 heavy (non-hydrogen) atoms. The fourth-order valence-electron chi connectivity index (χ4n) is 2.15. The van der Waals surface area contributed by atoms with Crippen LogP contribution in [0.25, 0.3) is 0 Å². The summed E-state index contributed by atoms with van der Waals surface area (Å²) in [5.74, 6) is 0.471. The quantitative estimate of drug-likeness (QED) is 0.803. The lowest BCUT2D eigenvalue weighted by molar-refractivity contribution is 0.299. The smallest absolute Gasteiger partial charge is 0.124 e. The molecule has 1 atom stereocenters. The van der Waals surface area contributed by atoms with Crippen molar-refractivity contribution in [3.8, 4) is 5.75 Å². The molecule has 0 amide bonds. The fourth-order valence-corrected chi connectivity index (χ4v) is 2.41. The Morgan fingerprint density at radius 1 is 1.19 bits per heavy atom. The molecule has 0 fully saturated rings. The van der Waals surface area contributed by atoms with Gasteiger partial charge in [-0.3, -0.25) is 0 Å². The first kappa shape index (κ1) is 16.0. The largest absolute Gasteiger partial charge is 0.489 e. The van der Waals surface area contributed by atoms with Crippen LogP contribution >= 0.6 is 15.9 Å². The van der Waals surface area contributed by atoms with Crippen molar-refractivity contribution in [3.63, 3.8) is 0 Å². The molecule has 0 aromatic heterocycles. The van der Waals surface area contributed by atoms with Gasteiger partial charge >= 0.3 is 0 Å². The van der Waals surface area contributed by atoms with Crippen LogP contribution in [0, 0.1) is 5.82 Å². The van der Waals surface area contributed by atoms with Crippen molar-refractivity contribution >= 4 is 15.9 Å². The number of benzene rings is 2. The Kier molecular flexibility index (Phi) is 5.76. The summed E-state index contributed by atoms with van der Waals surface area (Å²) in [6.45, 7) is 5.32. The molecule has 0 radical (unpaired) electrons. The summed E-state index contributed by atoms with van der Waals surface area (Å²) in [6.07, 6.45) is 0. The van der Waals surface area contributed by atoms with Gasteiger partial charge in [0, 0.05) is 16.1 Å². The van der Waals surface area contributed by atoms with Gasteiger partial charge in [-0.15, -0.1) is 0 Å². The Hall–Kier alpha value is -1.39. The van der Waals surface area contributed by atoms with E-state index in [2.05, 4.69) is 21.2 Å². The lowest BCUT2D eigenvalue weighted by Gasteiger charge is -2.18. The minimum atomic E-state index is -0.245. The topological polar surface area (TPSA) is 21.3 Å². The van der Waals surface area contributed by atoms with Crippen LogP contribution < -0.4 is 10.1 Å². The second kappa shape index (κ2) is 7.57. The Balaban J connectivity index is 2.13. The lowest BCUT2D eigenvalue weighted by atomic mass is 10.1. The first-order chi connectivity index (χ1) is 10.1. The average molecular weight is 352 g/mol. The second-order valence-corrected chi connectivity index (χ2v) is 5.79. The van der Waals surface area contributed by atoms with Gasteiger partial charge in [0.25, 0.3) is 0 Å². The number of rotatable bonds is 6. The molecule has 1 unspecified atom stereocenters. The van der Waals surface area contributed by atoms with Gasteiger partial charge in [0.15, 0.2) is 0 Å². The van der Waals surface area contributed by atoms with Gasteiger partial charge < -0.3 is 10.1 Å². The van der Waals surface area contributed by atoms with Gasteiger partial charge in [-0.05, 0) is 49.4 Å². The van der Waals surface area contributed by atoms with Crippen molar-refractivity contribution in [2.45, 2.75) is 26.5 Å². The molecule has 0 aliphatic rings. The third kappa shape index (κ3) is 4.55. The van der Waals surface area contributed by atoms with Crippen molar-refractivity contribution < 1.29 is 9.13 Å². The maximum Gasteiger partial charge on any atom is 0.124 e. The minimum Gasteiger partial charge on any atom is -0.489 e. The fraction of sp³-hybridized carbons (Fsp3) is 0.294. The van der Waals surface area contributed by atoms with Crippen LogP contribution in [0.15, 0.2) is 46.9 Å². The Morgan fingerprint density at radius 3 is 2.57 bits per heavy atom. The SMILES string of the molecule is CCNC(C)c1cc(F)ccc1OCc1ccc(Br)cc1. The molecular weight excluding hydrogens is 333 g/mol. The highest BCUT2D eigenvalue weighted by atomic mass is 79.9. The molecule has 112 valence electrons. The van der Waals surface area contributed by atoms with Crippen molar-refractivity contribution in [2.24, 2.45) is 0 Å². The van der Waals surface area contributed by atoms with E-state index in [1.165, 1.54) is 12.1 Å². The normalized spacial score (nSPS) is 12.2. The highest BCUT2D eigenvalue weighted by Crippen LogP contribution is 2.27. The number of nitrogens with one attached hydrogen (secondary N) is 1. The summed E-state index contributed by atoms with van der Waals surface area (Å²) in [4.78, 5) is 0. The van der Waals surface area contributed by atoms with Crippen LogP contribution in [0.2, 0.25) is 0 Å². The molecule has 2 aromatic rings. The van der Waals surface area contributed by atoms with E-state index in [4.69, 9.17) is 4.74 Å². The van der Waals surface area contributed by atoms with E-state index in [1.54, 1.807) is 6.07 Å². The van der Waals surface area contributed by atoms with Crippen LogP contribution in [0.1, 0.15) is 31.0 Å². The minimum absolute atomic E-state index is 0.0469. The first-order valence-corrected chi connectivity index (χ1v) is 7.79. The maximum atomic E-state index is 13.5. The van der Waals surface area contributed by atoms with E-state index in [0.717, 1.165) is 22.1 Å². The number of hydrogen-bond donors (Lipinski definition) is 1. The number of halogens is 2. The summed E-state index contributed by atoms with van der Waals surface area (Å²) >= 11 is 3.41. The molecule has 1 N–H and O–H groups in total. The Labute approximate surface area is 133 Å². The monoisotopic (exact) mass is 351 g/mol. The van der Waals surface area contributed by atoms with E-state index >= 15 is 0 Å². The summed E-state index contributed by atoms with van der Waals surface area (Å²) in [6, 6.07) is 12.7. The molecule has 0 saturated heterocycles. The molecule has 2 nitrogen and oxygen atoms in total. The van der Waals surface area contributed by atoms with Gasteiger partial charge in [0.05, 0.1) is 0 Å². The van der Waals surface area contributed by atoms with Crippen molar-refractivity contribution in [2.75, 3.05) is 6.54 Å². The first-order valence-electron chi connectivity index (χ1n) is 7.00. The lowest BCUT2D eigenvalue weighted by Crippen LogP contribution is -2.18. The van der Waals surface area contributed by atoms with Gasteiger partial charge in [-0.2, -0.15) is 0 Å². The summed E-state index contributed by atoms with van der Waals surface area (Å²) < 4.78 is 20.4. The highest BCUT2D eigenvalue weighted by molar-refractivity contribution is 9.10. The van der Waals surface area contributed by atoms with Crippen molar-refractivity contribution in [1.29, 1.82) is 0 Å². The third-order valence-electron chi connectivity index (χ3n) is 3.26. The van der Waals surface area contributed by atoms with Gasteiger partial charge in [0.1, 0.15) is 18.2 Å². The molecule has 0 bridgehead atoms. The average Bonchev–Trinajstić information content (AvgIpc) is 2.48. The summed E-state index contributed by atoms with van der Waals surface area (Å²) in [7, 11) is 0. The second-order valence-electron chi connectivity index (χ2n) is 4.88. The molecule has 2 aromatic carbocycles. The molecular formula is C17H19BrFNO. The predicted molar refractivity (Wildman–Crippen MR) is 87.0 cm³/mol. The highest BCUT2D eigenvalue weighted by Gasteiger charge is 2.12. The molecule has 0 spiro atoms. The van der Waals surface area contributed by atoms with E-state index in [9.17, 15) is 4.39 Å². The molecule has 0 aliphatic carbocycles. The van der Waals surface area contributed by atoms with E-state index in [1.807, 2.05) is 38.1 Å². The molecule has 2 rings (SSSR count). The van der Waals surface area contributed by atoms with Crippen LogP contribution in [0.5, 0.6) is 5.75 Å². The molecule has 0 aliphatic heterocycles. The summed E-state index contributed by atoms with van der Waals surface area (Å²) in [5, 5.41) is 3.28. The van der Waals surface area contributed by atoms with E-state index in [-0.39, 0.29) is 11.9 Å². The van der Waals surface area contributed by atoms with Gasteiger partial charge in [0.2, 0.25) is 0 Å². The summed E-state index contributed by atoms with van der Waals surface area (Å²) in [5.41, 5.74) is 1.92. The molecule has 0 saturated carbocycles. The third-order valence-corrected chi connectivity index (χ3v) is 3.78. The number of ether oxygens (including phenoxy) is 1. The van der Waals surface area contributed by atoms with Crippen LogP contribution in [0.4, 0.5) is 4.39 Å². The molecule has 4 heteroatoms. The van der Waals surface area contributed by atoms with Crippen LogP contribution in [-0.4, -0.2) is 6.54 Å². The zero-order chi connectivity index (χ0) is 15.2. The van der Waals surface area contributed by atoms with E-state index in [0.29, 0.717) is 12.4 Å². The molecule has 0 heterocycles. The van der Waals surface area contributed by atoms with Crippen LogP contribution in [0.3, 0.4) is 0 Å². The zero-order valence-electron chi connectivity index (χ0n) is 12.2. The standard InChI is InChI=1S/C17H19BrFNO/c1-3-20-12(2)16-10-15(19)8-9-17(16)21-11-13-4-6-14(18)7-5-13/h4-10,12,20H,3,11H2,1-2H3. The number of hydrogen-bond acceptors (Lipinski definition) is 2. The predicted octanol–water partition coefficient (Wildman–Crippen LogP) is 4.84. The van der Waals surface area contributed by atoms with Gasteiger partial charge in [-0.25, -0.2) is 4.39 Å². The maximum absolute atomic E-state index is 13.5. The van der Waals surface area contributed by atoms with Gasteiger partial charge in [-0.1, -0.05) is 35.0 Å². The Bertz CT molecular complexity index is 586.